The zero-order valence-corrected chi connectivity index (χ0v) is 13.2. The Kier molecular flexibility index (Phi) is 9.58. The average molecular weight is 269 g/mol. The molecule has 19 heavy (non-hydrogen) atoms. The van der Waals surface area contributed by atoms with E-state index in [1.165, 1.54) is 38.5 Å². The van der Waals surface area contributed by atoms with Crippen molar-refractivity contribution in [2.24, 2.45) is 0 Å². The molecule has 0 spiro atoms. The topological polar surface area (TPSA) is 38.3 Å². The molecule has 0 radical (unpaired) electrons. The third-order valence-corrected chi connectivity index (χ3v) is 3.40. The van der Waals surface area contributed by atoms with Crippen LogP contribution in [0, 0.1) is 0 Å². The van der Waals surface area contributed by atoms with E-state index in [1.807, 2.05) is 0 Å². The predicted octanol–water partition coefficient (Wildman–Crippen LogP) is 3.83. The molecule has 0 rings (SSSR count). The minimum atomic E-state index is -0.300. The molecule has 3 heteroatoms. The monoisotopic (exact) mass is 269 g/mol. The molecule has 0 bridgehead atoms. The summed E-state index contributed by atoms with van der Waals surface area (Å²) < 4.78 is 5.11. The highest BCUT2D eigenvalue weighted by Crippen LogP contribution is 2.20. The van der Waals surface area contributed by atoms with Gasteiger partial charge in [-0.05, 0) is 26.7 Å². The first kappa shape index (κ1) is 18.2. The number of nitrogens with one attached hydrogen (secondary N) is 1. The van der Waals surface area contributed by atoms with Gasteiger partial charge in [-0.2, -0.15) is 0 Å². The molecule has 0 aromatic carbocycles. The third kappa shape index (κ3) is 8.82. The van der Waals surface area contributed by atoms with Crippen LogP contribution in [-0.4, -0.2) is 24.7 Å². The fourth-order valence-corrected chi connectivity index (χ4v) is 2.06. The predicted molar refractivity (Wildman–Crippen MR) is 81.2 cm³/mol. The van der Waals surface area contributed by atoms with Crippen LogP contribution in [0.4, 0.5) is 0 Å². The molecular formula is C16H31NO2. The van der Waals surface area contributed by atoms with E-state index in [0.717, 1.165) is 0 Å². The summed E-state index contributed by atoms with van der Waals surface area (Å²) in [6.07, 6.45) is 7.26. The van der Waals surface area contributed by atoms with Gasteiger partial charge in [0.2, 0.25) is 0 Å². The Morgan fingerprint density at radius 1 is 1.21 bits per heavy atom. The number of carbonyl (C=O) groups is 1. The molecule has 0 aromatic rings. The average Bonchev–Trinajstić information content (AvgIpc) is 2.39. The summed E-state index contributed by atoms with van der Waals surface area (Å²) in [5.74, 6) is -0.300. The van der Waals surface area contributed by atoms with Crippen LogP contribution >= 0.6 is 0 Å². The molecule has 0 saturated carbocycles. The first-order valence-corrected chi connectivity index (χ1v) is 7.53. The molecule has 0 aromatic heterocycles. The van der Waals surface area contributed by atoms with Crippen molar-refractivity contribution in [2.75, 3.05) is 13.2 Å². The van der Waals surface area contributed by atoms with Crippen LogP contribution in [0.1, 0.15) is 66.2 Å². The van der Waals surface area contributed by atoms with Crippen LogP contribution in [0.25, 0.3) is 0 Å². The fraction of sp³-hybridized carbons (Fsp3) is 0.812. The van der Waals surface area contributed by atoms with Crippen molar-refractivity contribution >= 4 is 5.97 Å². The number of unbranched alkanes of at least 4 members (excludes halogenated alkanes) is 2. The Morgan fingerprint density at radius 2 is 1.74 bits per heavy atom. The molecule has 1 N–H and O–H groups in total. The lowest BCUT2D eigenvalue weighted by Gasteiger charge is -2.31. The van der Waals surface area contributed by atoms with Gasteiger partial charge in [-0.1, -0.05) is 46.1 Å². The van der Waals surface area contributed by atoms with Gasteiger partial charge in [-0.25, -0.2) is 4.79 Å². The lowest BCUT2D eigenvalue weighted by molar-refractivity contribution is -0.138. The summed E-state index contributed by atoms with van der Waals surface area (Å²) in [6.45, 7) is 13.1. The Balaban J connectivity index is 4.03. The first-order chi connectivity index (χ1) is 8.95. The molecule has 0 saturated heterocycles. The van der Waals surface area contributed by atoms with Crippen molar-refractivity contribution in [3.8, 4) is 0 Å². The Hall–Kier alpha value is -0.830. The van der Waals surface area contributed by atoms with Gasteiger partial charge in [0, 0.05) is 17.7 Å². The molecule has 112 valence electrons. The smallest absolute Gasteiger partial charge is 0.333 e. The van der Waals surface area contributed by atoms with E-state index in [-0.39, 0.29) is 11.5 Å². The number of esters is 1. The van der Waals surface area contributed by atoms with Crippen molar-refractivity contribution in [3.63, 3.8) is 0 Å². The summed E-state index contributed by atoms with van der Waals surface area (Å²) in [5, 5.41) is 3.55. The fourth-order valence-electron chi connectivity index (χ4n) is 2.06. The summed E-state index contributed by atoms with van der Waals surface area (Å²) in [6, 6.07) is 0. The molecule has 0 atom stereocenters. The maximum Gasteiger partial charge on any atom is 0.333 e. The molecular weight excluding hydrogens is 238 g/mol. The first-order valence-electron chi connectivity index (χ1n) is 7.53. The van der Waals surface area contributed by atoms with Crippen molar-refractivity contribution in [1.82, 2.24) is 5.32 Å². The second-order valence-electron chi connectivity index (χ2n) is 5.61. The standard InChI is InChI=1S/C16H31NO2/c1-6-8-10-16(5,11-9-7-2)17-12-13-19-15(18)14(3)4/h17H,3,6-13H2,1-2,4-5H3. The molecule has 0 fully saturated rings. The van der Waals surface area contributed by atoms with Crippen LogP contribution in [0.5, 0.6) is 0 Å². The van der Waals surface area contributed by atoms with Crippen LogP contribution in [0.2, 0.25) is 0 Å². The largest absolute Gasteiger partial charge is 0.461 e. The summed E-state index contributed by atoms with van der Waals surface area (Å²) in [5.41, 5.74) is 0.626. The van der Waals surface area contributed by atoms with Crippen LogP contribution < -0.4 is 5.32 Å². The second kappa shape index (κ2) is 10.0. The highest BCUT2D eigenvalue weighted by Gasteiger charge is 2.21. The number of rotatable bonds is 11. The van der Waals surface area contributed by atoms with E-state index >= 15 is 0 Å². The quantitative estimate of drug-likeness (QED) is 0.352. The van der Waals surface area contributed by atoms with Crippen molar-refractivity contribution in [3.05, 3.63) is 12.2 Å². The normalized spacial score (nSPS) is 11.4. The van der Waals surface area contributed by atoms with E-state index in [4.69, 9.17) is 4.74 Å². The number of hydrogen-bond acceptors (Lipinski definition) is 3. The molecule has 0 aliphatic rings. The molecule has 0 unspecified atom stereocenters. The zero-order valence-electron chi connectivity index (χ0n) is 13.2. The van der Waals surface area contributed by atoms with Crippen molar-refractivity contribution in [1.29, 1.82) is 0 Å². The highest BCUT2D eigenvalue weighted by atomic mass is 16.5. The van der Waals surface area contributed by atoms with E-state index in [2.05, 4.69) is 32.7 Å². The van der Waals surface area contributed by atoms with E-state index in [1.54, 1.807) is 6.92 Å². The lowest BCUT2D eigenvalue weighted by atomic mass is 9.89. The van der Waals surface area contributed by atoms with Crippen molar-refractivity contribution < 1.29 is 9.53 Å². The van der Waals surface area contributed by atoms with Gasteiger partial charge >= 0.3 is 5.97 Å². The van der Waals surface area contributed by atoms with Crippen LogP contribution in [0.3, 0.4) is 0 Å². The molecule has 3 nitrogen and oxygen atoms in total. The van der Waals surface area contributed by atoms with Gasteiger partial charge in [0.05, 0.1) is 0 Å². The van der Waals surface area contributed by atoms with Gasteiger partial charge in [-0.15, -0.1) is 0 Å². The Morgan fingerprint density at radius 3 is 2.16 bits per heavy atom. The SMILES string of the molecule is C=C(C)C(=O)OCCNC(C)(CCCC)CCCC. The number of ether oxygens (including phenoxy) is 1. The number of hydrogen-bond donors (Lipinski definition) is 1. The molecule has 0 amide bonds. The summed E-state index contributed by atoms with van der Waals surface area (Å²) in [4.78, 5) is 11.3. The zero-order chi connectivity index (χ0) is 14.7. The van der Waals surface area contributed by atoms with E-state index in [9.17, 15) is 4.79 Å². The van der Waals surface area contributed by atoms with Gasteiger partial charge in [-0.3, -0.25) is 0 Å². The van der Waals surface area contributed by atoms with Gasteiger partial charge in [0.1, 0.15) is 6.61 Å². The van der Waals surface area contributed by atoms with Crippen LogP contribution in [0.15, 0.2) is 12.2 Å². The van der Waals surface area contributed by atoms with Gasteiger partial charge < -0.3 is 10.1 Å². The molecule has 0 aliphatic heterocycles. The maximum absolute atomic E-state index is 11.3. The summed E-state index contributed by atoms with van der Waals surface area (Å²) >= 11 is 0. The molecule has 0 aliphatic carbocycles. The number of carbonyl (C=O) groups excluding carboxylic acids is 1. The second-order valence-corrected chi connectivity index (χ2v) is 5.61. The van der Waals surface area contributed by atoms with Crippen LogP contribution in [-0.2, 0) is 9.53 Å². The Labute approximate surface area is 118 Å². The highest BCUT2D eigenvalue weighted by molar-refractivity contribution is 5.86. The van der Waals surface area contributed by atoms with E-state index in [0.29, 0.717) is 18.7 Å². The third-order valence-electron chi connectivity index (χ3n) is 3.40. The molecule has 0 heterocycles. The Bertz CT molecular complexity index is 266. The van der Waals surface area contributed by atoms with E-state index < -0.39 is 0 Å². The minimum absolute atomic E-state index is 0.168. The minimum Gasteiger partial charge on any atom is -0.461 e. The lowest BCUT2D eigenvalue weighted by Crippen LogP contribution is -2.44. The maximum atomic E-state index is 11.3. The van der Waals surface area contributed by atoms with Gasteiger partial charge in [0.25, 0.3) is 0 Å². The summed E-state index contributed by atoms with van der Waals surface area (Å²) in [7, 11) is 0. The van der Waals surface area contributed by atoms with Gasteiger partial charge in [0.15, 0.2) is 0 Å². The van der Waals surface area contributed by atoms with Crippen molar-refractivity contribution in [2.45, 2.75) is 71.8 Å².